The number of hydrogen-bond donors (Lipinski definition) is 1. The molecular weight excluding hydrogens is 216 g/mol. The smallest absolute Gasteiger partial charge is 0.137 e. The molecule has 0 bridgehead atoms. The van der Waals surface area contributed by atoms with Crippen molar-refractivity contribution in [1.82, 2.24) is 9.97 Å². The van der Waals surface area contributed by atoms with Gasteiger partial charge in [0.05, 0.1) is 0 Å². The molecule has 84 valence electrons. The van der Waals surface area contributed by atoms with Gasteiger partial charge in [-0.25, -0.2) is 4.98 Å². The van der Waals surface area contributed by atoms with Crippen LogP contribution in [0.3, 0.4) is 0 Å². The molecule has 0 saturated heterocycles. The van der Waals surface area contributed by atoms with E-state index in [0.717, 1.165) is 23.1 Å². The van der Waals surface area contributed by atoms with Crippen molar-refractivity contribution in [3.8, 4) is 0 Å². The number of benzene rings is 1. The number of H-pyrrole nitrogens is 1. The highest BCUT2D eigenvalue weighted by Crippen LogP contribution is 2.20. The van der Waals surface area contributed by atoms with E-state index in [9.17, 15) is 0 Å². The fourth-order valence-electron chi connectivity index (χ4n) is 1.73. The highest BCUT2D eigenvalue weighted by Gasteiger charge is 2.13. The molecule has 1 aromatic carbocycles. The van der Waals surface area contributed by atoms with Crippen LogP contribution in [0, 0.1) is 10.1 Å². The van der Waals surface area contributed by atoms with Crippen LogP contribution in [0.4, 0.5) is 0 Å². The molecule has 1 N–H and O–H groups in total. The molecule has 0 aliphatic heterocycles. The van der Waals surface area contributed by atoms with Gasteiger partial charge in [0, 0.05) is 17.3 Å². The normalized spacial score (nSPS) is 11.9. The monoisotopic (exact) mass is 232 g/mol. The van der Waals surface area contributed by atoms with Crippen LogP contribution in [-0.2, 0) is 6.42 Å². The Morgan fingerprint density at radius 3 is 2.62 bits per heavy atom. The van der Waals surface area contributed by atoms with Crippen molar-refractivity contribution >= 4 is 23.1 Å². The van der Waals surface area contributed by atoms with Crippen molar-refractivity contribution in [2.75, 3.05) is 0 Å². The number of aromatic nitrogens is 2. The van der Waals surface area contributed by atoms with E-state index in [0.29, 0.717) is 4.64 Å². The van der Waals surface area contributed by atoms with Gasteiger partial charge in [0.2, 0.25) is 0 Å². The van der Waals surface area contributed by atoms with E-state index in [2.05, 4.69) is 30.7 Å². The van der Waals surface area contributed by atoms with Gasteiger partial charge < -0.3 is 4.98 Å². The summed E-state index contributed by atoms with van der Waals surface area (Å²) in [5, 5.41) is 1.02. The SMILES string of the molecule is CC(C)(C)Cc1nc(=S)c2ccccc2[nH]1. The quantitative estimate of drug-likeness (QED) is 0.756. The van der Waals surface area contributed by atoms with E-state index >= 15 is 0 Å². The third-order valence-corrected chi connectivity index (χ3v) is 2.68. The highest BCUT2D eigenvalue weighted by molar-refractivity contribution is 7.71. The van der Waals surface area contributed by atoms with Crippen molar-refractivity contribution < 1.29 is 0 Å². The second kappa shape index (κ2) is 3.98. The van der Waals surface area contributed by atoms with E-state index in [-0.39, 0.29) is 5.41 Å². The van der Waals surface area contributed by atoms with Crippen molar-refractivity contribution in [3.63, 3.8) is 0 Å². The summed E-state index contributed by atoms with van der Waals surface area (Å²) >= 11 is 5.30. The lowest BCUT2D eigenvalue weighted by atomic mass is 9.92. The predicted octanol–water partition coefficient (Wildman–Crippen LogP) is 3.88. The van der Waals surface area contributed by atoms with Gasteiger partial charge in [0.15, 0.2) is 0 Å². The van der Waals surface area contributed by atoms with Crippen LogP contribution in [0.5, 0.6) is 0 Å². The van der Waals surface area contributed by atoms with Gasteiger partial charge in [-0.2, -0.15) is 0 Å². The molecule has 0 atom stereocenters. The topological polar surface area (TPSA) is 28.7 Å². The Kier molecular flexibility index (Phi) is 2.80. The number of nitrogens with one attached hydrogen (secondary N) is 1. The predicted molar refractivity (Wildman–Crippen MR) is 70.1 cm³/mol. The van der Waals surface area contributed by atoms with E-state index in [1.807, 2.05) is 24.3 Å². The molecule has 0 unspecified atom stereocenters. The van der Waals surface area contributed by atoms with E-state index in [1.54, 1.807) is 0 Å². The van der Waals surface area contributed by atoms with Crippen LogP contribution in [0.15, 0.2) is 24.3 Å². The summed E-state index contributed by atoms with van der Waals surface area (Å²) in [6.07, 6.45) is 0.904. The van der Waals surface area contributed by atoms with Crippen LogP contribution in [-0.4, -0.2) is 9.97 Å². The molecule has 0 aliphatic carbocycles. The van der Waals surface area contributed by atoms with Gasteiger partial charge >= 0.3 is 0 Å². The van der Waals surface area contributed by atoms with Gasteiger partial charge in [-0.3, -0.25) is 0 Å². The summed E-state index contributed by atoms with van der Waals surface area (Å²) in [5.41, 5.74) is 1.29. The second-order valence-corrected chi connectivity index (χ2v) is 5.66. The fourth-order valence-corrected chi connectivity index (χ4v) is 2.02. The average Bonchev–Trinajstić information content (AvgIpc) is 2.15. The maximum absolute atomic E-state index is 5.30. The molecule has 0 saturated carbocycles. The standard InChI is InChI=1S/C13H16N2S/c1-13(2,3)8-11-14-10-7-5-4-6-9(10)12(16)15-11/h4-7H,8H2,1-3H3,(H,14,15,16). The van der Waals surface area contributed by atoms with Crippen LogP contribution in [0.2, 0.25) is 0 Å². The van der Waals surface area contributed by atoms with Gasteiger partial charge in [-0.05, 0) is 17.5 Å². The molecule has 0 amide bonds. The van der Waals surface area contributed by atoms with Crippen LogP contribution >= 0.6 is 12.2 Å². The van der Waals surface area contributed by atoms with E-state index in [1.165, 1.54) is 0 Å². The Hall–Kier alpha value is -1.22. The molecule has 3 heteroatoms. The third-order valence-electron chi connectivity index (χ3n) is 2.37. The Bertz CT molecular complexity index is 564. The summed E-state index contributed by atoms with van der Waals surface area (Å²) in [5.74, 6) is 0.969. The first-order chi connectivity index (χ1) is 7.46. The Morgan fingerprint density at radius 1 is 1.25 bits per heavy atom. The summed E-state index contributed by atoms with van der Waals surface area (Å²) in [7, 11) is 0. The first kappa shape index (κ1) is 11.3. The molecule has 0 spiro atoms. The molecule has 0 aliphatic rings. The maximum atomic E-state index is 5.30. The van der Waals surface area contributed by atoms with Crippen molar-refractivity contribution in [2.24, 2.45) is 5.41 Å². The molecule has 1 heterocycles. The lowest BCUT2D eigenvalue weighted by molar-refractivity contribution is 0.401. The number of rotatable bonds is 1. The largest absolute Gasteiger partial charge is 0.343 e. The maximum Gasteiger partial charge on any atom is 0.137 e. The number of aromatic amines is 1. The molecule has 2 rings (SSSR count). The van der Waals surface area contributed by atoms with Gasteiger partial charge in [0.25, 0.3) is 0 Å². The number of fused-ring (bicyclic) bond motifs is 1. The fraction of sp³-hybridized carbons (Fsp3) is 0.385. The van der Waals surface area contributed by atoms with Gasteiger partial charge in [-0.1, -0.05) is 45.1 Å². The highest BCUT2D eigenvalue weighted by atomic mass is 32.1. The summed E-state index contributed by atoms with van der Waals surface area (Å²) in [6.45, 7) is 6.59. The van der Waals surface area contributed by atoms with Crippen molar-refractivity contribution in [2.45, 2.75) is 27.2 Å². The minimum absolute atomic E-state index is 0.216. The lowest BCUT2D eigenvalue weighted by Gasteiger charge is -2.17. The summed E-state index contributed by atoms with van der Waals surface area (Å²) in [4.78, 5) is 7.79. The van der Waals surface area contributed by atoms with E-state index in [4.69, 9.17) is 12.2 Å². The molecule has 0 radical (unpaired) electrons. The first-order valence-corrected chi connectivity index (χ1v) is 5.84. The molecule has 16 heavy (non-hydrogen) atoms. The second-order valence-electron chi connectivity index (χ2n) is 5.27. The Morgan fingerprint density at radius 2 is 1.94 bits per heavy atom. The minimum Gasteiger partial charge on any atom is -0.343 e. The molecule has 1 aromatic heterocycles. The zero-order chi connectivity index (χ0) is 11.8. The van der Waals surface area contributed by atoms with Crippen LogP contribution < -0.4 is 0 Å². The molecular formula is C13H16N2S. The van der Waals surface area contributed by atoms with Gasteiger partial charge in [0.1, 0.15) is 10.5 Å². The number of para-hydroxylation sites is 1. The Balaban J connectivity index is 2.54. The average molecular weight is 232 g/mol. The van der Waals surface area contributed by atoms with Crippen LogP contribution in [0.25, 0.3) is 10.9 Å². The molecule has 2 aromatic rings. The van der Waals surface area contributed by atoms with Gasteiger partial charge in [-0.15, -0.1) is 0 Å². The summed E-state index contributed by atoms with van der Waals surface area (Å²) in [6, 6.07) is 8.03. The number of nitrogens with zero attached hydrogens (tertiary/aromatic N) is 1. The zero-order valence-corrected chi connectivity index (χ0v) is 10.7. The summed E-state index contributed by atoms with van der Waals surface area (Å²) < 4.78 is 0.689. The molecule has 2 nitrogen and oxygen atoms in total. The molecule has 0 fully saturated rings. The minimum atomic E-state index is 0.216. The van der Waals surface area contributed by atoms with Crippen LogP contribution in [0.1, 0.15) is 26.6 Å². The Labute approximate surface area is 101 Å². The van der Waals surface area contributed by atoms with Crippen molar-refractivity contribution in [1.29, 1.82) is 0 Å². The number of hydrogen-bond acceptors (Lipinski definition) is 2. The zero-order valence-electron chi connectivity index (χ0n) is 9.87. The first-order valence-electron chi connectivity index (χ1n) is 5.44. The third kappa shape index (κ3) is 2.47. The lowest BCUT2D eigenvalue weighted by Crippen LogP contribution is -2.12. The van der Waals surface area contributed by atoms with Crippen molar-refractivity contribution in [3.05, 3.63) is 34.7 Å². The van der Waals surface area contributed by atoms with E-state index < -0.39 is 0 Å².